The summed E-state index contributed by atoms with van der Waals surface area (Å²) in [7, 11) is 1.68. The molecule has 0 saturated carbocycles. The van der Waals surface area contributed by atoms with Gasteiger partial charge in [0.2, 0.25) is 5.16 Å². The van der Waals surface area contributed by atoms with Gasteiger partial charge in [0.1, 0.15) is 5.75 Å². The number of methoxy groups -OCH3 is 1. The van der Waals surface area contributed by atoms with Crippen molar-refractivity contribution in [2.45, 2.75) is 24.4 Å². The molecule has 0 aliphatic carbocycles. The Hall–Kier alpha value is -1.12. The van der Waals surface area contributed by atoms with Crippen molar-refractivity contribution in [3.8, 4) is 5.75 Å². The number of tetrazole rings is 1. The minimum atomic E-state index is 0.754. The molecule has 114 valence electrons. The molecule has 0 aliphatic rings. The van der Waals surface area contributed by atoms with E-state index in [0.717, 1.165) is 46.3 Å². The number of hydrogen-bond donors (Lipinski definition) is 1. The predicted molar refractivity (Wildman–Crippen MR) is 86.6 cm³/mol. The molecular formula is C13H18BrN5OS. The summed E-state index contributed by atoms with van der Waals surface area (Å²) in [5, 5.41) is 15.9. The molecule has 0 radical (unpaired) electrons. The molecule has 2 rings (SSSR count). The molecule has 1 aromatic heterocycles. The maximum absolute atomic E-state index is 5.38. The Labute approximate surface area is 136 Å². The number of nitrogens with zero attached hydrogens (tertiary/aromatic N) is 4. The third-order valence-corrected chi connectivity index (χ3v) is 4.35. The van der Waals surface area contributed by atoms with Crippen molar-refractivity contribution in [3.05, 3.63) is 28.2 Å². The van der Waals surface area contributed by atoms with Crippen LogP contribution in [0.15, 0.2) is 27.8 Å². The first kappa shape index (κ1) is 16.3. The van der Waals surface area contributed by atoms with E-state index in [1.165, 1.54) is 0 Å². The van der Waals surface area contributed by atoms with E-state index in [1.807, 2.05) is 16.8 Å². The van der Waals surface area contributed by atoms with Gasteiger partial charge < -0.3 is 10.1 Å². The smallest absolute Gasteiger partial charge is 0.209 e. The van der Waals surface area contributed by atoms with Crippen molar-refractivity contribution in [2.75, 3.05) is 20.2 Å². The van der Waals surface area contributed by atoms with Crippen molar-refractivity contribution in [1.82, 2.24) is 25.5 Å². The van der Waals surface area contributed by atoms with E-state index < -0.39 is 0 Å². The van der Waals surface area contributed by atoms with Gasteiger partial charge in [-0.25, -0.2) is 4.68 Å². The zero-order valence-electron chi connectivity index (χ0n) is 12.0. The Morgan fingerprint density at radius 3 is 3.05 bits per heavy atom. The molecule has 0 atom stereocenters. The zero-order valence-corrected chi connectivity index (χ0v) is 14.4. The second-order valence-corrected chi connectivity index (χ2v) is 6.14. The molecule has 0 aliphatic heterocycles. The van der Waals surface area contributed by atoms with Gasteiger partial charge >= 0.3 is 0 Å². The summed E-state index contributed by atoms with van der Waals surface area (Å²) >= 11 is 5.08. The van der Waals surface area contributed by atoms with Crippen LogP contribution in [0.3, 0.4) is 0 Å². The Morgan fingerprint density at radius 1 is 1.43 bits per heavy atom. The van der Waals surface area contributed by atoms with Crippen LogP contribution in [0.1, 0.15) is 12.5 Å². The molecule has 0 bridgehead atoms. The quantitative estimate of drug-likeness (QED) is 0.567. The predicted octanol–water partition coefficient (Wildman–Crippen LogP) is 2.35. The van der Waals surface area contributed by atoms with Crippen LogP contribution in [0.4, 0.5) is 0 Å². The first-order valence-electron chi connectivity index (χ1n) is 6.66. The molecule has 1 N–H and O–H groups in total. The SMILES string of the molecule is CCNCCn1nnnc1SCc1cc(Br)ccc1OC. The van der Waals surface area contributed by atoms with Crippen LogP contribution in [-0.2, 0) is 12.3 Å². The number of benzene rings is 1. The average molecular weight is 372 g/mol. The number of aromatic nitrogens is 4. The Bertz CT molecular complexity index is 577. The first-order valence-corrected chi connectivity index (χ1v) is 8.44. The van der Waals surface area contributed by atoms with Crippen LogP contribution in [0.2, 0.25) is 0 Å². The number of ether oxygens (including phenoxy) is 1. The van der Waals surface area contributed by atoms with Crippen molar-refractivity contribution < 1.29 is 4.74 Å². The highest BCUT2D eigenvalue weighted by molar-refractivity contribution is 9.10. The summed E-state index contributed by atoms with van der Waals surface area (Å²) < 4.78 is 8.23. The lowest BCUT2D eigenvalue weighted by Gasteiger charge is -2.09. The molecule has 1 aromatic carbocycles. The minimum Gasteiger partial charge on any atom is -0.496 e. The Balaban J connectivity index is 2.00. The lowest BCUT2D eigenvalue weighted by atomic mass is 10.2. The van der Waals surface area contributed by atoms with Crippen LogP contribution in [-0.4, -0.2) is 40.4 Å². The zero-order chi connectivity index (χ0) is 15.1. The van der Waals surface area contributed by atoms with Gasteiger partial charge in [-0.3, -0.25) is 0 Å². The fourth-order valence-corrected chi connectivity index (χ4v) is 3.09. The molecule has 0 saturated heterocycles. The number of halogens is 1. The molecule has 0 amide bonds. The fraction of sp³-hybridized carbons (Fsp3) is 0.462. The summed E-state index contributed by atoms with van der Waals surface area (Å²) in [6, 6.07) is 5.97. The van der Waals surface area contributed by atoms with E-state index in [1.54, 1.807) is 18.9 Å². The Kier molecular flexibility index (Phi) is 6.47. The lowest BCUT2D eigenvalue weighted by molar-refractivity contribution is 0.411. The van der Waals surface area contributed by atoms with E-state index in [4.69, 9.17) is 4.74 Å². The number of hydrogen-bond acceptors (Lipinski definition) is 6. The van der Waals surface area contributed by atoms with Gasteiger partial charge in [0.25, 0.3) is 0 Å². The van der Waals surface area contributed by atoms with Crippen LogP contribution in [0.25, 0.3) is 0 Å². The van der Waals surface area contributed by atoms with Crippen LogP contribution < -0.4 is 10.1 Å². The Morgan fingerprint density at radius 2 is 2.29 bits per heavy atom. The molecule has 21 heavy (non-hydrogen) atoms. The third kappa shape index (κ3) is 4.69. The highest BCUT2D eigenvalue weighted by Crippen LogP contribution is 2.29. The van der Waals surface area contributed by atoms with Crippen LogP contribution >= 0.6 is 27.7 Å². The molecule has 6 nitrogen and oxygen atoms in total. The van der Waals surface area contributed by atoms with Crippen molar-refractivity contribution in [1.29, 1.82) is 0 Å². The number of rotatable bonds is 8. The number of likely N-dealkylation sites (N-methyl/N-ethyl adjacent to an activating group) is 1. The van der Waals surface area contributed by atoms with E-state index >= 15 is 0 Å². The molecule has 0 spiro atoms. The largest absolute Gasteiger partial charge is 0.496 e. The monoisotopic (exact) mass is 371 g/mol. The second-order valence-electron chi connectivity index (χ2n) is 4.28. The highest BCUT2D eigenvalue weighted by Gasteiger charge is 2.10. The molecule has 2 aromatic rings. The van der Waals surface area contributed by atoms with Gasteiger partial charge in [0.15, 0.2) is 0 Å². The maximum Gasteiger partial charge on any atom is 0.209 e. The molecular weight excluding hydrogens is 354 g/mol. The maximum atomic E-state index is 5.38. The van der Waals surface area contributed by atoms with Crippen molar-refractivity contribution in [3.63, 3.8) is 0 Å². The van der Waals surface area contributed by atoms with Crippen LogP contribution in [0.5, 0.6) is 5.75 Å². The fourth-order valence-electron chi connectivity index (χ4n) is 1.80. The van der Waals surface area contributed by atoms with Gasteiger partial charge in [-0.2, -0.15) is 0 Å². The van der Waals surface area contributed by atoms with Gasteiger partial charge in [-0.15, -0.1) is 5.10 Å². The van der Waals surface area contributed by atoms with E-state index in [9.17, 15) is 0 Å². The van der Waals surface area contributed by atoms with E-state index in [-0.39, 0.29) is 0 Å². The highest BCUT2D eigenvalue weighted by atomic mass is 79.9. The average Bonchev–Trinajstić information content (AvgIpc) is 2.93. The van der Waals surface area contributed by atoms with Gasteiger partial charge in [0, 0.05) is 22.3 Å². The van der Waals surface area contributed by atoms with Gasteiger partial charge in [-0.05, 0) is 35.2 Å². The third-order valence-electron chi connectivity index (χ3n) is 2.85. The molecule has 0 fully saturated rings. The van der Waals surface area contributed by atoms with Crippen LogP contribution in [0, 0.1) is 0 Å². The van der Waals surface area contributed by atoms with Crippen molar-refractivity contribution in [2.24, 2.45) is 0 Å². The summed E-state index contributed by atoms with van der Waals surface area (Å²) in [4.78, 5) is 0. The lowest BCUT2D eigenvalue weighted by Crippen LogP contribution is -2.20. The molecule has 8 heteroatoms. The second kappa shape index (κ2) is 8.35. The topological polar surface area (TPSA) is 64.9 Å². The first-order chi connectivity index (χ1) is 10.2. The minimum absolute atomic E-state index is 0.754. The summed E-state index contributed by atoms with van der Waals surface area (Å²) in [5.41, 5.74) is 1.11. The summed E-state index contributed by atoms with van der Waals surface area (Å²) in [6.45, 7) is 4.64. The summed E-state index contributed by atoms with van der Waals surface area (Å²) in [5.74, 6) is 1.63. The van der Waals surface area contributed by atoms with Gasteiger partial charge in [0.05, 0.1) is 13.7 Å². The van der Waals surface area contributed by atoms with Crippen molar-refractivity contribution >= 4 is 27.7 Å². The van der Waals surface area contributed by atoms with Gasteiger partial charge in [-0.1, -0.05) is 34.6 Å². The molecule has 1 heterocycles. The van der Waals surface area contributed by atoms with E-state index in [0.29, 0.717) is 0 Å². The normalized spacial score (nSPS) is 10.8. The molecule has 0 unspecified atom stereocenters. The number of thioether (sulfide) groups is 1. The number of nitrogens with one attached hydrogen (secondary N) is 1. The standard InChI is InChI=1S/C13H18BrN5OS/c1-3-15-6-7-19-13(16-17-18-19)21-9-10-8-11(14)4-5-12(10)20-2/h4-5,8,15H,3,6-7,9H2,1-2H3. The van der Waals surface area contributed by atoms with E-state index in [2.05, 4.69) is 49.8 Å². The summed E-state index contributed by atoms with van der Waals surface area (Å²) in [6.07, 6.45) is 0.